The van der Waals surface area contributed by atoms with Crippen LogP contribution in [0.5, 0.6) is 0 Å². The van der Waals surface area contributed by atoms with Crippen LogP contribution in [0.2, 0.25) is 0 Å². The summed E-state index contributed by atoms with van der Waals surface area (Å²) in [6.07, 6.45) is 3.91. The van der Waals surface area contributed by atoms with Crippen molar-refractivity contribution in [1.29, 1.82) is 0 Å². The number of aromatic nitrogens is 2. The van der Waals surface area contributed by atoms with Crippen LogP contribution >= 0.6 is 15.9 Å². The second-order valence-electron chi connectivity index (χ2n) is 5.13. The zero-order valence-corrected chi connectivity index (χ0v) is 12.8. The van der Waals surface area contributed by atoms with Crippen molar-refractivity contribution in [3.05, 3.63) is 15.9 Å². The van der Waals surface area contributed by atoms with Crippen LogP contribution in [0.3, 0.4) is 0 Å². The highest BCUT2D eigenvalue weighted by atomic mass is 79.9. The second-order valence-corrected chi connectivity index (χ2v) is 5.92. The summed E-state index contributed by atoms with van der Waals surface area (Å²) in [6, 6.07) is 1.44. The van der Waals surface area contributed by atoms with E-state index in [4.69, 9.17) is 0 Å². The maximum Gasteiger partial charge on any atom is 0.0739 e. The third-order valence-electron chi connectivity index (χ3n) is 4.02. The molecular weight excluding hydrogens is 278 g/mol. The minimum atomic E-state index is 0.696. The van der Waals surface area contributed by atoms with E-state index in [0.717, 1.165) is 18.3 Å². The van der Waals surface area contributed by atoms with E-state index in [0.29, 0.717) is 6.04 Å². The van der Waals surface area contributed by atoms with E-state index in [1.165, 1.54) is 29.4 Å². The lowest BCUT2D eigenvalue weighted by Gasteiger charge is -2.27. The van der Waals surface area contributed by atoms with Crippen LogP contribution in [-0.4, -0.2) is 26.8 Å². The monoisotopic (exact) mass is 299 g/mol. The Morgan fingerprint density at radius 1 is 1.41 bits per heavy atom. The standard InChI is InChI=1S/C13H22BrN3/c1-5-11-7-6-9(2)17(11)8-12-13(14)10(3)15-16(12)4/h9,11H,5-8H2,1-4H3. The van der Waals surface area contributed by atoms with Gasteiger partial charge in [0.25, 0.3) is 0 Å². The molecule has 0 aliphatic carbocycles. The number of aryl methyl sites for hydroxylation is 2. The molecule has 1 saturated heterocycles. The lowest BCUT2D eigenvalue weighted by atomic mass is 10.1. The molecule has 1 aromatic rings. The highest BCUT2D eigenvalue weighted by Gasteiger charge is 2.30. The van der Waals surface area contributed by atoms with Gasteiger partial charge in [-0.15, -0.1) is 0 Å². The van der Waals surface area contributed by atoms with Crippen molar-refractivity contribution in [3.63, 3.8) is 0 Å². The van der Waals surface area contributed by atoms with Gasteiger partial charge < -0.3 is 0 Å². The molecule has 1 aromatic heterocycles. The summed E-state index contributed by atoms with van der Waals surface area (Å²) >= 11 is 3.66. The van der Waals surface area contributed by atoms with Crippen LogP contribution in [0.4, 0.5) is 0 Å². The Balaban J connectivity index is 2.19. The molecule has 0 amide bonds. The van der Waals surface area contributed by atoms with Crippen LogP contribution in [0.15, 0.2) is 4.47 Å². The van der Waals surface area contributed by atoms with Gasteiger partial charge in [0, 0.05) is 25.7 Å². The van der Waals surface area contributed by atoms with Crippen molar-refractivity contribution >= 4 is 15.9 Å². The van der Waals surface area contributed by atoms with E-state index >= 15 is 0 Å². The minimum Gasteiger partial charge on any atom is -0.292 e. The predicted molar refractivity (Wildman–Crippen MR) is 74.0 cm³/mol. The van der Waals surface area contributed by atoms with E-state index in [-0.39, 0.29) is 0 Å². The summed E-state index contributed by atoms with van der Waals surface area (Å²) in [4.78, 5) is 2.63. The zero-order valence-electron chi connectivity index (χ0n) is 11.2. The van der Waals surface area contributed by atoms with Crippen molar-refractivity contribution in [2.24, 2.45) is 7.05 Å². The number of hydrogen-bond donors (Lipinski definition) is 0. The fourth-order valence-corrected chi connectivity index (χ4v) is 3.33. The molecule has 4 heteroatoms. The van der Waals surface area contributed by atoms with E-state index in [2.05, 4.69) is 46.7 Å². The molecule has 0 bridgehead atoms. The Bertz CT molecular complexity index is 400. The van der Waals surface area contributed by atoms with Crippen molar-refractivity contribution in [2.75, 3.05) is 0 Å². The first-order chi connectivity index (χ1) is 8.04. The molecule has 0 N–H and O–H groups in total. The number of likely N-dealkylation sites (tertiary alicyclic amines) is 1. The summed E-state index contributed by atoms with van der Waals surface area (Å²) in [5.74, 6) is 0. The topological polar surface area (TPSA) is 21.1 Å². The number of nitrogens with zero attached hydrogens (tertiary/aromatic N) is 3. The predicted octanol–water partition coefficient (Wildman–Crippen LogP) is 3.25. The summed E-state index contributed by atoms with van der Waals surface area (Å²) in [6.45, 7) is 7.70. The van der Waals surface area contributed by atoms with Gasteiger partial charge in [0.15, 0.2) is 0 Å². The van der Waals surface area contributed by atoms with Gasteiger partial charge in [0.2, 0.25) is 0 Å². The zero-order chi connectivity index (χ0) is 12.6. The van der Waals surface area contributed by atoms with E-state index < -0.39 is 0 Å². The fourth-order valence-electron chi connectivity index (χ4n) is 2.87. The van der Waals surface area contributed by atoms with E-state index in [1.807, 2.05) is 11.7 Å². The maximum absolute atomic E-state index is 4.47. The Labute approximate surface area is 112 Å². The molecule has 2 atom stereocenters. The lowest BCUT2D eigenvalue weighted by Crippen LogP contribution is -2.34. The van der Waals surface area contributed by atoms with Crippen molar-refractivity contribution in [1.82, 2.24) is 14.7 Å². The Morgan fingerprint density at radius 2 is 2.12 bits per heavy atom. The molecule has 2 heterocycles. The van der Waals surface area contributed by atoms with Gasteiger partial charge in [0.1, 0.15) is 0 Å². The maximum atomic E-state index is 4.47. The molecular formula is C13H22BrN3. The molecule has 2 rings (SSSR count). The SMILES string of the molecule is CCC1CCC(C)N1Cc1c(Br)c(C)nn1C. The lowest BCUT2D eigenvalue weighted by molar-refractivity contribution is 0.184. The molecule has 1 aliphatic heterocycles. The smallest absolute Gasteiger partial charge is 0.0739 e. The molecule has 0 radical (unpaired) electrons. The molecule has 3 nitrogen and oxygen atoms in total. The van der Waals surface area contributed by atoms with Crippen LogP contribution in [-0.2, 0) is 13.6 Å². The van der Waals surface area contributed by atoms with E-state index in [9.17, 15) is 0 Å². The quantitative estimate of drug-likeness (QED) is 0.854. The van der Waals surface area contributed by atoms with E-state index in [1.54, 1.807) is 0 Å². The molecule has 0 spiro atoms. The largest absolute Gasteiger partial charge is 0.292 e. The van der Waals surface area contributed by atoms with Crippen LogP contribution in [0.25, 0.3) is 0 Å². The summed E-state index contributed by atoms with van der Waals surface area (Å²) in [5, 5.41) is 4.47. The number of hydrogen-bond acceptors (Lipinski definition) is 2. The third-order valence-corrected chi connectivity index (χ3v) is 5.05. The van der Waals surface area contributed by atoms with Gasteiger partial charge in [-0.25, -0.2) is 0 Å². The van der Waals surface area contributed by atoms with Crippen molar-refractivity contribution < 1.29 is 0 Å². The molecule has 2 unspecified atom stereocenters. The average Bonchev–Trinajstić information content (AvgIpc) is 2.75. The Morgan fingerprint density at radius 3 is 2.65 bits per heavy atom. The highest BCUT2D eigenvalue weighted by molar-refractivity contribution is 9.10. The first kappa shape index (κ1) is 13.1. The fraction of sp³-hybridized carbons (Fsp3) is 0.769. The van der Waals surface area contributed by atoms with Crippen LogP contribution in [0.1, 0.15) is 44.5 Å². The highest BCUT2D eigenvalue weighted by Crippen LogP contribution is 2.30. The average molecular weight is 300 g/mol. The summed E-state index contributed by atoms with van der Waals surface area (Å²) in [5.41, 5.74) is 2.39. The van der Waals surface area contributed by atoms with Gasteiger partial charge in [-0.05, 0) is 49.0 Å². The first-order valence-corrected chi connectivity index (χ1v) is 7.27. The molecule has 17 heavy (non-hydrogen) atoms. The van der Waals surface area contributed by atoms with Crippen molar-refractivity contribution in [2.45, 2.75) is 58.7 Å². The Hall–Kier alpha value is -0.350. The van der Waals surface area contributed by atoms with Gasteiger partial charge >= 0.3 is 0 Å². The molecule has 96 valence electrons. The van der Waals surface area contributed by atoms with Crippen molar-refractivity contribution in [3.8, 4) is 0 Å². The molecule has 1 aliphatic rings. The number of halogens is 1. The van der Waals surface area contributed by atoms with Gasteiger partial charge in [-0.2, -0.15) is 5.10 Å². The van der Waals surface area contributed by atoms with Crippen LogP contribution in [0, 0.1) is 6.92 Å². The first-order valence-electron chi connectivity index (χ1n) is 6.48. The number of rotatable bonds is 3. The second kappa shape index (κ2) is 5.11. The normalized spacial score (nSPS) is 25.7. The molecule has 0 aromatic carbocycles. The minimum absolute atomic E-state index is 0.696. The molecule has 1 fully saturated rings. The summed E-state index contributed by atoms with van der Waals surface area (Å²) in [7, 11) is 2.04. The Kier molecular flexibility index (Phi) is 3.93. The van der Waals surface area contributed by atoms with Gasteiger partial charge in [-0.1, -0.05) is 6.92 Å². The molecule has 0 saturated carbocycles. The third kappa shape index (κ3) is 2.43. The van der Waals surface area contributed by atoms with Gasteiger partial charge in [-0.3, -0.25) is 9.58 Å². The van der Waals surface area contributed by atoms with Crippen LogP contribution < -0.4 is 0 Å². The summed E-state index contributed by atoms with van der Waals surface area (Å²) < 4.78 is 3.19. The van der Waals surface area contributed by atoms with Gasteiger partial charge in [0.05, 0.1) is 15.9 Å².